The minimum absolute atomic E-state index is 0. The molecule has 0 unspecified atom stereocenters. The Balaban J connectivity index is 0.00000192. The Morgan fingerprint density at radius 3 is 2.05 bits per heavy atom. The molecule has 1 aromatic rings. The summed E-state index contributed by atoms with van der Waals surface area (Å²) in [6.07, 6.45) is 3.26. The molecule has 2 fully saturated rings. The second-order valence-corrected chi connectivity index (χ2v) is 6.55. The third kappa shape index (κ3) is 3.30. The fraction of sp³-hybridized carbons (Fsp3) is 0.647. The van der Waals surface area contributed by atoms with Crippen molar-refractivity contribution in [1.82, 2.24) is 0 Å². The average molecular weight is 316 g/mol. The van der Waals surface area contributed by atoms with Crippen molar-refractivity contribution in [3.05, 3.63) is 35.1 Å². The van der Waals surface area contributed by atoms with Crippen molar-refractivity contribution in [3.8, 4) is 0 Å². The van der Waals surface area contributed by atoms with Gasteiger partial charge in [0.05, 0.1) is 13.2 Å². The molecule has 0 N–H and O–H groups in total. The first-order chi connectivity index (χ1) is 10.5. The first-order valence-corrected chi connectivity index (χ1v) is 7.92. The van der Waals surface area contributed by atoms with E-state index >= 15 is 0 Å². The van der Waals surface area contributed by atoms with E-state index in [1.54, 1.807) is 0 Å². The van der Waals surface area contributed by atoms with Gasteiger partial charge in [-0.1, -0.05) is 6.92 Å². The third-order valence-electron chi connectivity index (χ3n) is 4.72. The Labute approximate surface area is 130 Å². The van der Waals surface area contributed by atoms with Crippen LogP contribution in [-0.2, 0) is 9.47 Å². The van der Waals surface area contributed by atoms with Gasteiger partial charge in [-0.05, 0) is 49.3 Å². The van der Waals surface area contributed by atoms with Gasteiger partial charge in [0.1, 0.15) is 0 Å². The molecule has 1 aliphatic carbocycles. The molecule has 1 saturated heterocycles. The summed E-state index contributed by atoms with van der Waals surface area (Å²) in [6.45, 7) is 3.53. The summed E-state index contributed by atoms with van der Waals surface area (Å²) in [6, 6.07) is 2.25. The second kappa shape index (κ2) is 6.59. The highest BCUT2D eigenvalue weighted by Gasteiger charge is 2.32. The molecular formula is C17H23F3O2. The molecule has 2 nitrogen and oxygen atoms in total. The standard InChI is InChI=1S/C17H21F3O2.H2/c1-10-8-21-17(22-9-10)12-4-2-11(3-5-12)13-6-14(18)16(20)15(19)7-13;/h6-7,10-12,17H,2-5,8-9H2,1H3;1H. The third-order valence-corrected chi connectivity index (χ3v) is 4.72. The van der Waals surface area contributed by atoms with Gasteiger partial charge in [-0.2, -0.15) is 0 Å². The van der Waals surface area contributed by atoms with Crippen LogP contribution in [0.3, 0.4) is 0 Å². The van der Waals surface area contributed by atoms with Gasteiger partial charge in [0.25, 0.3) is 0 Å². The average Bonchev–Trinajstić information content (AvgIpc) is 2.53. The van der Waals surface area contributed by atoms with Crippen LogP contribution in [0.15, 0.2) is 12.1 Å². The molecule has 0 radical (unpaired) electrons. The monoisotopic (exact) mass is 316 g/mol. The predicted octanol–water partition coefficient (Wildman–Crippen LogP) is 4.63. The van der Waals surface area contributed by atoms with Gasteiger partial charge in [-0.3, -0.25) is 0 Å². The molecule has 22 heavy (non-hydrogen) atoms. The molecule has 1 aliphatic heterocycles. The Bertz CT molecular complexity index is 502. The molecule has 5 heteroatoms. The highest BCUT2D eigenvalue weighted by atomic mass is 19.2. The van der Waals surface area contributed by atoms with E-state index in [-0.39, 0.29) is 13.6 Å². The SMILES string of the molecule is CC1COC(C2CCC(c3cc(F)c(F)c(F)c3)CC2)OC1.[HH]. The van der Waals surface area contributed by atoms with E-state index in [0.717, 1.165) is 51.0 Å². The minimum Gasteiger partial charge on any atom is -0.352 e. The summed E-state index contributed by atoms with van der Waals surface area (Å²) in [7, 11) is 0. The zero-order chi connectivity index (χ0) is 15.7. The van der Waals surface area contributed by atoms with Gasteiger partial charge in [0.15, 0.2) is 23.7 Å². The Morgan fingerprint density at radius 1 is 0.955 bits per heavy atom. The van der Waals surface area contributed by atoms with E-state index in [4.69, 9.17) is 9.47 Å². The van der Waals surface area contributed by atoms with Crippen LogP contribution in [0, 0.1) is 29.3 Å². The summed E-state index contributed by atoms with van der Waals surface area (Å²) in [5.74, 6) is -2.77. The summed E-state index contributed by atoms with van der Waals surface area (Å²) >= 11 is 0. The topological polar surface area (TPSA) is 18.5 Å². The van der Waals surface area contributed by atoms with E-state index in [0.29, 0.717) is 17.4 Å². The maximum atomic E-state index is 13.3. The zero-order valence-electron chi connectivity index (χ0n) is 12.7. The van der Waals surface area contributed by atoms with Crippen LogP contribution < -0.4 is 0 Å². The second-order valence-electron chi connectivity index (χ2n) is 6.55. The van der Waals surface area contributed by atoms with Gasteiger partial charge in [-0.25, -0.2) is 13.2 Å². The summed E-state index contributed by atoms with van der Waals surface area (Å²) in [5, 5.41) is 0. The molecule has 2 aliphatic rings. The number of hydrogen-bond donors (Lipinski definition) is 0. The lowest BCUT2D eigenvalue weighted by Crippen LogP contribution is -2.37. The Hall–Kier alpha value is -1.07. The smallest absolute Gasteiger partial charge is 0.194 e. The quantitative estimate of drug-likeness (QED) is 0.741. The Kier molecular flexibility index (Phi) is 4.73. The first kappa shape index (κ1) is 15.8. The van der Waals surface area contributed by atoms with E-state index in [9.17, 15) is 13.2 Å². The number of rotatable bonds is 2. The predicted molar refractivity (Wildman–Crippen MR) is 78.0 cm³/mol. The minimum atomic E-state index is -1.39. The fourth-order valence-corrected chi connectivity index (χ4v) is 3.42. The fourth-order valence-electron chi connectivity index (χ4n) is 3.42. The summed E-state index contributed by atoms with van der Waals surface area (Å²) < 4.78 is 51.2. The largest absolute Gasteiger partial charge is 0.352 e. The number of ether oxygens (including phenoxy) is 2. The zero-order valence-corrected chi connectivity index (χ0v) is 12.7. The molecule has 0 bridgehead atoms. The molecule has 0 atom stereocenters. The molecule has 3 rings (SSSR count). The van der Waals surface area contributed by atoms with Crippen molar-refractivity contribution in [3.63, 3.8) is 0 Å². The van der Waals surface area contributed by atoms with Crippen molar-refractivity contribution >= 4 is 0 Å². The van der Waals surface area contributed by atoms with E-state index in [2.05, 4.69) is 6.92 Å². The first-order valence-electron chi connectivity index (χ1n) is 7.92. The Morgan fingerprint density at radius 2 is 1.50 bits per heavy atom. The summed E-state index contributed by atoms with van der Waals surface area (Å²) in [4.78, 5) is 0. The highest BCUT2D eigenvalue weighted by Crippen LogP contribution is 2.39. The molecule has 124 valence electrons. The summed E-state index contributed by atoms with van der Waals surface area (Å²) in [5.41, 5.74) is 0.550. The van der Waals surface area contributed by atoms with Crippen LogP contribution >= 0.6 is 0 Å². The van der Waals surface area contributed by atoms with Gasteiger partial charge >= 0.3 is 0 Å². The van der Waals surface area contributed by atoms with Crippen molar-refractivity contribution in [2.24, 2.45) is 11.8 Å². The van der Waals surface area contributed by atoms with Crippen LogP contribution in [0.25, 0.3) is 0 Å². The molecule has 0 amide bonds. The molecular weight excluding hydrogens is 293 g/mol. The van der Waals surface area contributed by atoms with E-state index in [1.807, 2.05) is 0 Å². The van der Waals surface area contributed by atoms with Gasteiger partial charge in [0, 0.05) is 13.3 Å². The maximum absolute atomic E-state index is 13.3. The number of halogens is 3. The lowest BCUT2D eigenvalue weighted by Gasteiger charge is -2.37. The normalized spacial score (nSPS) is 32.9. The van der Waals surface area contributed by atoms with Gasteiger partial charge < -0.3 is 9.47 Å². The van der Waals surface area contributed by atoms with Crippen molar-refractivity contribution in [1.29, 1.82) is 0 Å². The molecule has 1 aromatic carbocycles. The number of benzene rings is 1. The maximum Gasteiger partial charge on any atom is 0.194 e. The van der Waals surface area contributed by atoms with E-state index < -0.39 is 17.5 Å². The molecule has 1 heterocycles. The molecule has 0 aromatic heterocycles. The molecule has 1 saturated carbocycles. The highest BCUT2D eigenvalue weighted by molar-refractivity contribution is 5.23. The van der Waals surface area contributed by atoms with Crippen LogP contribution in [0.1, 0.15) is 45.5 Å². The lowest BCUT2D eigenvalue weighted by molar-refractivity contribution is -0.226. The van der Waals surface area contributed by atoms with Crippen LogP contribution in [0.5, 0.6) is 0 Å². The van der Waals surface area contributed by atoms with Crippen LogP contribution in [0.2, 0.25) is 0 Å². The van der Waals surface area contributed by atoms with Crippen molar-refractivity contribution in [2.45, 2.75) is 44.8 Å². The molecule has 0 spiro atoms. The van der Waals surface area contributed by atoms with Gasteiger partial charge in [0.2, 0.25) is 0 Å². The van der Waals surface area contributed by atoms with Gasteiger partial charge in [-0.15, -0.1) is 0 Å². The lowest BCUT2D eigenvalue weighted by atomic mass is 9.78. The van der Waals surface area contributed by atoms with Crippen molar-refractivity contribution < 1.29 is 24.1 Å². The number of hydrogen-bond acceptors (Lipinski definition) is 2. The van der Waals surface area contributed by atoms with Crippen LogP contribution in [-0.4, -0.2) is 19.5 Å². The van der Waals surface area contributed by atoms with E-state index in [1.165, 1.54) is 0 Å². The van der Waals surface area contributed by atoms with Crippen molar-refractivity contribution in [2.75, 3.05) is 13.2 Å². The van der Waals surface area contributed by atoms with Crippen LogP contribution in [0.4, 0.5) is 13.2 Å².